The number of urea groups is 1. The van der Waals surface area contributed by atoms with Gasteiger partial charge in [0, 0.05) is 17.8 Å². The van der Waals surface area contributed by atoms with Crippen molar-refractivity contribution in [3.05, 3.63) is 54.1 Å². The molecule has 0 bridgehead atoms. The van der Waals surface area contributed by atoms with Crippen molar-refractivity contribution >= 4 is 29.5 Å². The van der Waals surface area contributed by atoms with Crippen molar-refractivity contribution in [2.24, 2.45) is 0 Å². The number of esters is 1. The van der Waals surface area contributed by atoms with Gasteiger partial charge in [0.1, 0.15) is 17.4 Å². The van der Waals surface area contributed by atoms with E-state index in [-0.39, 0.29) is 6.42 Å². The maximum atomic E-state index is 12.2. The first kappa shape index (κ1) is 24.5. The summed E-state index contributed by atoms with van der Waals surface area (Å²) in [4.78, 5) is 36.3. The van der Waals surface area contributed by atoms with Gasteiger partial charge in [-0.25, -0.2) is 14.4 Å². The molecule has 0 saturated heterocycles. The summed E-state index contributed by atoms with van der Waals surface area (Å²) >= 11 is 0. The standard InChI is InChI=1S/C23H29N3O6/c1-23(2,3)32-22(29)26-19(20(27)31-5)14-15-6-8-16(9-7-15)24-21(28)25-17-10-12-18(30-4)13-11-17/h6-13,19H,14H2,1-5H3,(H,26,29)(H2,24,25,28)/t19-/m1/s1. The minimum absolute atomic E-state index is 0.199. The van der Waals surface area contributed by atoms with Crippen LogP contribution in [-0.2, 0) is 20.7 Å². The lowest BCUT2D eigenvalue weighted by Crippen LogP contribution is -2.45. The number of benzene rings is 2. The van der Waals surface area contributed by atoms with Crippen LogP contribution in [0.25, 0.3) is 0 Å². The zero-order valence-electron chi connectivity index (χ0n) is 18.9. The third-order valence-corrected chi connectivity index (χ3v) is 4.18. The second-order valence-electron chi connectivity index (χ2n) is 7.93. The van der Waals surface area contributed by atoms with E-state index in [2.05, 4.69) is 16.0 Å². The Morgan fingerprint density at radius 3 is 1.88 bits per heavy atom. The summed E-state index contributed by atoms with van der Waals surface area (Å²) in [6.45, 7) is 5.20. The van der Waals surface area contributed by atoms with Gasteiger partial charge in [0.15, 0.2) is 0 Å². The summed E-state index contributed by atoms with van der Waals surface area (Å²) < 4.78 is 15.1. The normalized spacial score (nSPS) is 11.7. The molecule has 9 heteroatoms. The molecular formula is C23H29N3O6. The Labute approximate surface area is 187 Å². The van der Waals surface area contributed by atoms with Crippen LogP contribution in [0.3, 0.4) is 0 Å². The highest BCUT2D eigenvalue weighted by atomic mass is 16.6. The first-order valence-corrected chi connectivity index (χ1v) is 9.98. The second kappa shape index (κ2) is 11.0. The van der Waals surface area contributed by atoms with E-state index in [9.17, 15) is 14.4 Å². The fourth-order valence-electron chi connectivity index (χ4n) is 2.71. The average molecular weight is 444 g/mol. The summed E-state index contributed by atoms with van der Waals surface area (Å²) in [7, 11) is 2.82. The van der Waals surface area contributed by atoms with Crippen molar-refractivity contribution < 1.29 is 28.6 Å². The zero-order chi connectivity index (χ0) is 23.7. The van der Waals surface area contributed by atoms with Crippen molar-refractivity contribution in [3.63, 3.8) is 0 Å². The summed E-state index contributed by atoms with van der Waals surface area (Å²) in [6, 6.07) is 12.5. The highest BCUT2D eigenvalue weighted by Crippen LogP contribution is 2.16. The lowest BCUT2D eigenvalue weighted by atomic mass is 10.1. The van der Waals surface area contributed by atoms with E-state index in [1.165, 1.54) is 7.11 Å². The van der Waals surface area contributed by atoms with Gasteiger partial charge < -0.3 is 30.2 Å². The first-order valence-electron chi connectivity index (χ1n) is 9.98. The lowest BCUT2D eigenvalue weighted by molar-refractivity contribution is -0.143. The number of hydrogen-bond acceptors (Lipinski definition) is 6. The van der Waals surface area contributed by atoms with Crippen molar-refractivity contribution in [3.8, 4) is 5.75 Å². The molecule has 0 aliphatic heterocycles. The molecule has 0 fully saturated rings. The number of amides is 3. The molecule has 2 aromatic rings. The smallest absolute Gasteiger partial charge is 0.408 e. The van der Waals surface area contributed by atoms with Crippen LogP contribution in [0.4, 0.5) is 21.0 Å². The molecule has 0 saturated carbocycles. The van der Waals surface area contributed by atoms with E-state index >= 15 is 0 Å². The molecule has 1 atom stereocenters. The minimum Gasteiger partial charge on any atom is -0.497 e. The number of ether oxygens (including phenoxy) is 3. The fraction of sp³-hybridized carbons (Fsp3) is 0.348. The van der Waals surface area contributed by atoms with Crippen LogP contribution >= 0.6 is 0 Å². The van der Waals surface area contributed by atoms with E-state index in [1.54, 1.807) is 76.4 Å². The molecule has 2 aromatic carbocycles. The number of hydrogen-bond donors (Lipinski definition) is 3. The molecule has 32 heavy (non-hydrogen) atoms. The van der Waals surface area contributed by atoms with E-state index in [4.69, 9.17) is 14.2 Å². The average Bonchev–Trinajstić information content (AvgIpc) is 2.73. The molecule has 0 heterocycles. The van der Waals surface area contributed by atoms with Gasteiger partial charge in [-0.05, 0) is 62.7 Å². The van der Waals surface area contributed by atoms with Crippen LogP contribution in [-0.4, -0.2) is 44.0 Å². The quantitative estimate of drug-likeness (QED) is 0.558. The van der Waals surface area contributed by atoms with Gasteiger partial charge in [0.2, 0.25) is 0 Å². The summed E-state index contributed by atoms with van der Waals surface area (Å²) in [6.07, 6.45) is -0.508. The number of carbonyl (C=O) groups is 3. The van der Waals surface area contributed by atoms with Crippen molar-refractivity contribution in [2.45, 2.75) is 38.8 Å². The van der Waals surface area contributed by atoms with Crippen molar-refractivity contribution in [1.82, 2.24) is 5.32 Å². The molecule has 3 amide bonds. The van der Waals surface area contributed by atoms with Crippen LogP contribution in [0.5, 0.6) is 5.75 Å². The number of nitrogens with one attached hydrogen (secondary N) is 3. The highest BCUT2D eigenvalue weighted by Gasteiger charge is 2.25. The molecule has 9 nitrogen and oxygen atoms in total. The van der Waals surface area contributed by atoms with Gasteiger partial charge in [-0.3, -0.25) is 0 Å². The van der Waals surface area contributed by atoms with Gasteiger partial charge in [0.05, 0.1) is 14.2 Å². The molecule has 172 valence electrons. The SMILES string of the molecule is COC(=O)[C@@H](Cc1ccc(NC(=O)Nc2ccc(OC)cc2)cc1)NC(=O)OC(C)(C)C. The monoisotopic (exact) mass is 443 g/mol. The molecule has 0 aliphatic rings. The van der Waals surface area contributed by atoms with E-state index in [0.717, 1.165) is 5.56 Å². The molecular weight excluding hydrogens is 414 g/mol. The van der Waals surface area contributed by atoms with Gasteiger partial charge in [0.25, 0.3) is 0 Å². The fourth-order valence-corrected chi connectivity index (χ4v) is 2.71. The third kappa shape index (κ3) is 8.17. The molecule has 2 rings (SSSR count). The Hall–Kier alpha value is -3.75. The highest BCUT2D eigenvalue weighted by molar-refractivity contribution is 5.99. The van der Waals surface area contributed by atoms with Crippen LogP contribution < -0.4 is 20.7 Å². The molecule has 0 unspecified atom stereocenters. The van der Waals surface area contributed by atoms with E-state index in [0.29, 0.717) is 17.1 Å². The lowest BCUT2D eigenvalue weighted by Gasteiger charge is -2.22. The molecule has 0 aromatic heterocycles. The summed E-state index contributed by atoms with van der Waals surface area (Å²) in [5.74, 6) is 0.106. The summed E-state index contributed by atoms with van der Waals surface area (Å²) in [5.41, 5.74) is 1.26. The predicted octanol–water partition coefficient (Wildman–Crippen LogP) is 3.95. The number of rotatable bonds is 7. The Balaban J connectivity index is 1.95. The molecule has 0 aliphatic carbocycles. The van der Waals surface area contributed by atoms with Gasteiger partial charge in [-0.2, -0.15) is 0 Å². The van der Waals surface area contributed by atoms with Gasteiger partial charge in [-0.1, -0.05) is 12.1 Å². The predicted molar refractivity (Wildman–Crippen MR) is 121 cm³/mol. The minimum atomic E-state index is -0.910. The topological polar surface area (TPSA) is 115 Å². The van der Waals surface area contributed by atoms with Crippen LogP contribution in [0.15, 0.2) is 48.5 Å². The van der Waals surface area contributed by atoms with Crippen LogP contribution in [0.1, 0.15) is 26.3 Å². The Bertz CT molecular complexity index is 920. The van der Waals surface area contributed by atoms with Crippen molar-refractivity contribution in [1.29, 1.82) is 0 Å². The van der Waals surface area contributed by atoms with E-state index < -0.39 is 29.7 Å². The van der Waals surface area contributed by atoms with Crippen molar-refractivity contribution in [2.75, 3.05) is 24.9 Å². The maximum Gasteiger partial charge on any atom is 0.408 e. The Morgan fingerprint density at radius 1 is 0.875 bits per heavy atom. The number of anilines is 2. The number of alkyl carbamates (subject to hydrolysis) is 1. The van der Waals surface area contributed by atoms with Crippen LogP contribution in [0, 0.1) is 0 Å². The molecule has 0 spiro atoms. The molecule has 3 N–H and O–H groups in total. The Morgan fingerprint density at radius 2 is 1.41 bits per heavy atom. The van der Waals surface area contributed by atoms with Gasteiger partial charge >= 0.3 is 18.1 Å². The van der Waals surface area contributed by atoms with Crippen LogP contribution in [0.2, 0.25) is 0 Å². The first-order chi connectivity index (χ1) is 15.1. The number of carbonyl (C=O) groups excluding carboxylic acids is 3. The molecule has 0 radical (unpaired) electrons. The third-order valence-electron chi connectivity index (χ3n) is 4.18. The largest absolute Gasteiger partial charge is 0.497 e. The number of methoxy groups -OCH3 is 2. The van der Waals surface area contributed by atoms with Gasteiger partial charge in [-0.15, -0.1) is 0 Å². The van der Waals surface area contributed by atoms with E-state index in [1.807, 2.05) is 0 Å². The zero-order valence-corrected chi connectivity index (χ0v) is 18.9. The second-order valence-corrected chi connectivity index (χ2v) is 7.93. The Kier molecular flexibility index (Phi) is 8.46. The maximum absolute atomic E-state index is 12.2. The summed E-state index contributed by atoms with van der Waals surface area (Å²) in [5, 5.41) is 7.98.